The lowest BCUT2D eigenvalue weighted by Crippen LogP contribution is -2.17. The van der Waals surface area contributed by atoms with E-state index in [1.807, 2.05) is 14.0 Å². The molecule has 2 unspecified atom stereocenters. The Morgan fingerprint density at radius 3 is 2.74 bits per heavy atom. The average Bonchev–Trinajstić information content (AvgIpc) is 3.14. The van der Waals surface area contributed by atoms with Crippen molar-refractivity contribution in [1.82, 2.24) is 15.1 Å². The van der Waals surface area contributed by atoms with Crippen LogP contribution in [0.2, 0.25) is 5.15 Å². The maximum absolute atomic E-state index is 6.23. The highest BCUT2D eigenvalue weighted by Crippen LogP contribution is 2.40. The van der Waals surface area contributed by atoms with Gasteiger partial charge in [0.15, 0.2) is 0 Å². The first-order valence-corrected chi connectivity index (χ1v) is 7.01. The molecule has 0 saturated heterocycles. The fourth-order valence-corrected chi connectivity index (χ4v) is 2.84. The van der Waals surface area contributed by atoms with E-state index < -0.39 is 0 Å². The Morgan fingerprint density at radius 2 is 2.11 bits per heavy atom. The summed E-state index contributed by atoms with van der Waals surface area (Å²) in [5.41, 5.74) is 3.55. The monoisotopic (exact) mass is 275 g/mol. The number of hydrogen-bond acceptors (Lipinski definition) is 2. The second-order valence-electron chi connectivity index (χ2n) is 5.22. The van der Waals surface area contributed by atoms with Crippen molar-refractivity contribution in [2.75, 3.05) is 0 Å². The molecule has 2 atom stereocenters. The van der Waals surface area contributed by atoms with E-state index in [-0.39, 0.29) is 0 Å². The van der Waals surface area contributed by atoms with Gasteiger partial charge in [0.25, 0.3) is 0 Å². The van der Waals surface area contributed by atoms with Crippen molar-refractivity contribution in [1.29, 1.82) is 0 Å². The van der Waals surface area contributed by atoms with Crippen LogP contribution in [0.4, 0.5) is 0 Å². The molecule has 19 heavy (non-hydrogen) atoms. The summed E-state index contributed by atoms with van der Waals surface area (Å²) >= 11 is 6.23. The minimum Gasteiger partial charge on any atom is -0.309 e. The highest BCUT2D eigenvalue weighted by Gasteiger charge is 2.37. The summed E-state index contributed by atoms with van der Waals surface area (Å²) in [5, 5.41) is 8.65. The zero-order chi connectivity index (χ0) is 13.4. The third-order valence-electron chi connectivity index (χ3n) is 3.83. The minimum absolute atomic E-state index is 0.568. The largest absolute Gasteiger partial charge is 0.309 e. The number of aromatic nitrogens is 2. The molecule has 4 heteroatoms. The van der Waals surface area contributed by atoms with Crippen LogP contribution in [0.1, 0.15) is 29.2 Å². The van der Waals surface area contributed by atoms with Gasteiger partial charge in [0.2, 0.25) is 0 Å². The summed E-state index contributed by atoms with van der Waals surface area (Å²) in [5.74, 6) is 0.650. The maximum atomic E-state index is 6.23. The molecule has 0 amide bonds. The molecule has 0 radical (unpaired) electrons. The maximum Gasteiger partial charge on any atom is 0.131 e. The van der Waals surface area contributed by atoms with Gasteiger partial charge in [-0.3, -0.25) is 4.68 Å². The van der Waals surface area contributed by atoms with Gasteiger partial charge in [-0.2, -0.15) is 5.10 Å². The van der Waals surface area contributed by atoms with Crippen LogP contribution in [0.15, 0.2) is 30.3 Å². The average molecular weight is 276 g/mol. The number of rotatable bonds is 4. The Kier molecular flexibility index (Phi) is 3.33. The molecule has 1 heterocycles. The second-order valence-corrected chi connectivity index (χ2v) is 5.58. The highest BCUT2D eigenvalue weighted by molar-refractivity contribution is 6.30. The normalized spacial score (nSPS) is 21.6. The summed E-state index contributed by atoms with van der Waals surface area (Å²) in [6, 6.07) is 11.2. The fourth-order valence-electron chi connectivity index (χ4n) is 2.60. The molecule has 3 nitrogen and oxygen atoms in total. The molecule has 1 aromatic carbocycles. The molecule has 1 N–H and O–H groups in total. The number of benzene rings is 1. The zero-order valence-corrected chi connectivity index (χ0v) is 12.0. The van der Waals surface area contributed by atoms with Crippen molar-refractivity contribution >= 4 is 11.6 Å². The van der Waals surface area contributed by atoms with Crippen molar-refractivity contribution in [3.63, 3.8) is 0 Å². The Bertz CT molecular complexity index is 577. The van der Waals surface area contributed by atoms with Crippen molar-refractivity contribution in [3.05, 3.63) is 52.3 Å². The predicted octanol–water partition coefficient (Wildman–Crippen LogP) is 3.03. The first kappa shape index (κ1) is 12.7. The Balaban J connectivity index is 1.60. The van der Waals surface area contributed by atoms with Gasteiger partial charge in [-0.1, -0.05) is 41.9 Å². The van der Waals surface area contributed by atoms with Crippen LogP contribution in [0.3, 0.4) is 0 Å². The van der Waals surface area contributed by atoms with Crippen molar-refractivity contribution < 1.29 is 0 Å². The van der Waals surface area contributed by atoms with E-state index in [1.165, 1.54) is 12.0 Å². The quantitative estimate of drug-likeness (QED) is 0.930. The molecular weight excluding hydrogens is 258 g/mol. The highest BCUT2D eigenvalue weighted by atomic mass is 35.5. The summed E-state index contributed by atoms with van der Waals surface area (Å²) in [6.07, 6.45) is 1.21. The Morgan fingerprint density at radius 1 is 1.37 bits per heavy atom. The predicted molar refractivity (Wildman–Crippen MR) is 77.4 cm³/mol. The van der Waals surface area contributed by atoms with E-state index in [0.717, 1.165) is 23.0 Å². The van der Waals surface area contributed by atoms with E-state index in [4.69, 9.17) is 11.6 Å². The molecule has 0 spiro atoms. The lowest BCUT2D eigenvalue weighted by Gasteiger charge is -2.04. The Labute approximate surface area is 118 Å². The standard InChI is InChI=1S/C15H18ClN3/c1-10-13(15(16)19(2)18-10)9-17-14-8-12(14)11-6-4-3-5-7-11/h3-7,12,14,17H,8-9H2,1-2H3. The molecule has 2 aromatic rings. The van der Waals surface area contributed by atoms with Gasteiger partial charge in [-0.15, -0.1) is 0 Å². The van der Waals surface area contributed by atoms with Gasteiger partial charge in [-0.25, -0.2) is 0 Å². The summed E-state index contributed by atoms with van der Waals surface area (Å²) < 4.78 is 1.73. The van der Waals surface area contributed by atoms with Gasteiger partial charge in [0, 0.05) is 31.1 Å². The van der Waals surface area contributed by atoms with E-state index in [2.05, 4.69) is 40.7 Å². The number of aryl methyl sites for hydroxylation is 2. The van der Waals surface area contributed by atoms with Crippen LogP contribution in [0.25, 0.3) is 0 Å². The second kappa shape index (κ2) is 4.99. The number of nitrogens with one attached hydrogen (secondary N) is 1. The van der Waals surface area contributed by atoms with Crippen molar-refractivity contribution in [2.24, 2.45) is 7.05 Å². The molecule has 100 valence electrons. The van der Waals surface area contributed by atoms with Crippen LogP contribution < -0.4 is 5.32 Å². The molecule has 1 fully saturated rings. The first-order chi connectivity index (χ1) is 9.16. The minimum atomic E-state index is 0.568. The molecular formula is C15H18ClN3. The van der Waals surface area contributed by atoms with E-state index in [1.54, 1.807) is 4.68 Å². The molecule has 0 aliphatic heterocycles. The molecule has 1 aliphatic carbocycles. The fraction of sp³-hybridized carbons (Fsp3) is 0.400. The SMILES string of the molecule is Cc1nn(C)c(Cl)c1CNC1CC1c1ccccc1. The lowest BCUT2D eigenvalue weighted by atomic mass is 10.1. The third kappa shape index (κ3) is 2.53. The van der Waals surface area contributed by atoms with Gasteiger partial charge in [0.05, 0.1) is 5.69 Å². The molecule has 1 aromatic heterocycles. The van der Waals surface area contributed by atoms with Crippen molar-refractivity contribution in [2.45, 2.75) is 31.8 Å². The first-order valence-electron chi connectivity index (χ1n) is 6.63. The lowest BCUT2D eigenvalue weighted by molar-refractivity contribution is 0.670. The number of nitrogens with zero attached hydrogens (tertiary/aromatic N) is 2. The smallest absolute Gasteiger partial charge is 0.131 e. The Hall–Kier alpha value is -1.32. The van der Waals surface area contributed by atoms with Gasteiger partial charge >= 0.3 is 0 Å². The van der Waals surface area contributed by atoms with Crippen LogP contribution >= 0.6 is 11.6 Å². The van der Waals surface area contributed by atoms with Crippen LogP contribution in [-0.2, 0) is 13.6 Å². The van der Waals surface area contributed by atoms with Crippen molar-refractivity contribution in [3.8, 4) is 0 Å². The van der Waals surface area contributed by atoms with Gasteiger partial charge in [0.1, 0.15) is 5.15 Å². The topological polar surface area (TPSA) is 29.9 Å². The number of hydrogen-bond donors (Lipinski definition) is 1. The summed E-state index contributed by atoms with van der Waals surface area (Å²) in [6.45, 7) is 2.80. The molecule has 1 saturated carbocycles. The van der Waals surface area contributed by atoms with Gasteiger partial charge in [-0.05, 0) is 18.9 Å². The summed E-state index contributed by atoms with van der Waals surface area (Å²) in [7, 11) is 1.88. The molecule has 1 aliphatic rings. The van der Waals surface area contributed by atoms with Crippen LogP contribution in [-0.4, -0.2) is 15.8 Å². The molecule has 3 rings (SSSR count). The third-order valence-corrected chi connectivity index (χ3v) is 4.30. The van der Waals surface area contributed by atoms with Crippen LogP contribution in [0, 0.1) is 6.92 Å². The molecule has 0 bridgehead atoms. The number of halogens is 1. The van der Waals surface area contributed by atoms with E-state index in [9.17, 15) is 0 Å². The van der Waals surface area contributed by atoms with Crippen LogP contribution in [0.5, 0.6) is 0 Å². The summed E-state index contributed by atoms with van der Waals surface area (Å²) in [4.78, 5) is 0. The van der Waals surface area contributed by atoms with Gasteiger partial charge < -0.3 is 5.32 Å². The van der Waals surface area contributed by atoms with E-state index in [0.29, 0.717) is 12.0 Å². The zero-order valence-electron chi connectivity index (χ0n) is 11.2. The van der Waals surface area contributed by atoms with E-state index >= 15 is 0 Å².